The van der Waals surface area contributed by atoms with Gasteiger partial charge in [0.25, 0.3) is 5.91 Å². The van der Waals surface area contributed by atoms with Crippen LogP contribution in [0.5, 0.6) is 0 Å². The van der Waals surface area contributed by atoms with Gasteiger partial charge in [0.1, 0.15) is 13.1 Å². The number of amides is 1. The summed E-state index contributed by atoms with van der Waals surface area (Å²) >= 11 is 0. The van der Waals surface area contributed by atoms with Gasteiger partial charge in [-0.15, -0.1) is 0 Å². The van der Waals surface area contributed by atoms with E-state index in [-0.39, 0.29) is 19.7 Å². The van der Waals surface area contributed by atoms with Crippen LogP contribution in [0.2, 0.25) is 0 Å². The van der Waals surface area contributed by atoms with Crippen LogP contribution in [0, 0.1) is 0 Å². The summed E-state index contributed by atoms with van der Waals surface area (Å²) in [5, 5.41) is 8.96. The Kier molecular flexibility index (Phi) is 6.35. The number of aliphatic hydroxyl groups is 1. The predicted molar refractivity (Wildman–Crippen MR) is 72.3 cm³/mol. The average molecular weight is 295 g/mol. The molecule has 0 unspecified atom stereocenters. The van der Waals surface area contributed by atoms with Crippen LogP contribution in [0.1, 0.15) is 15.9 Å². The summed E-state index contributed by atoms with van der Waals surface area (Å²) in [6, 6.07) is 6.19. The number of carbonyl (C=O) groups excluding carboxylic acids is 3. The van der Waals surface area contributed by atoms with E-state index in [1.165, 1.54) is 26.4 Å². The van der Waals surface area contributed by atoms with Crippen LogP contribution in [0.4, 0.5) is 0 Å². The van der Waals surface area contributed by atoms with Gasteiger partial charge in [0.2, 0.25) is 0 Å². The number of nitrogens with zero attached hydrogens (tertiary/aromatic N) is 1. The van der Waals surface area contributed by atoms with Crippen molar-refractivity contribution in [2.24, 2.45) is 0 Å². The van der Waals surface area contributed by atoms with Gasteiger partial charge in [0.15, 0.2) is 0 Å². The molecule has 0 aromatic heterocycles. The predicted octanol–water partition coefficient (Wildman–Crippen LogP) is -0.0329. The Morgan fingerprint density at radius 1 is 1.00 bits per heavy atom. The molecule has 0 bridgehead atoms. The molecule has 0 fully saturated rings. The van der Waals surface area contributed by atoms with E-state index >= 15 is 0 Å². The summed E-state index contributed by atoms with van der Waals surface area (Å²) < 4.78 is 9.00. The van der Waals surface area contributed by atoms with E-state index in [4.69, 9.17) is 5.11 Å². The first-order valence-electron chi connectivity index (χ1n) is 6.14. The molecule has 1 aromatic carbocycles. The van der Waals surface area contributed by atoms with Gasteiger partial charge in [-0.3, -0.25) is 14.4 Å². The van der Waals surface area contributed by atoms with Crippen molar-refractivity contribution >= 4 is 17.8 Å². The molecule has 1 amide bonds. The van der Waals surface area contributed by atoms with Crippen molar-refractivity contribution in [3.05, 3.63) is 35.4 Å². The fourth-order valence-corrected chi connectivity index (χ4v) is 1.58. The van der Waals surface area contributed by atoms with Crippen LogP contribution < -0.4 is 0 Å². The molecule has 0 aliphatic rings. The third kappa shape index (κ3) is 4.88. The molecule has 7 heteroatoms. The maximum absolute atomic E-state index is 12.3. The van der Waals surface area contributed by atoms with Crippen LogP contribution >= 0.6 is 0 Å². The molecule has 1 N–H and O–H groups in total. The van der Waals surface area contributed by atoms with E-state index in [1.54, 1.807) is 12.1 Å². The van der Waals surface area contributed by atoms with E-state index in [1.807, 2.05) is 0 Å². The van der Waals surface area contributed by atoms with Crippen molar-refractivity contribution in [1.82, 2.24) is 4.90 Å². The zero-order valence-corrected chi connectivity index (χ0v) is 11.9. The zero-order chi connectivity index (χ0) is 15.8. The number of hydrogen-bond acceptors (Lipinski definition) is 6. The molecule has 21 heavy (non-hydrogen) atoms. The van der Waals surface area contributed by atoms with Gasteiger partial charge in [-0.25, -0.2) is 0 Å². The van der Waals surface area contributed by atoms with Crippen molar-refractivity contribution in [3.8, 4) is 0 Å². The number of methoxy groups -OCH3 is 2. The van der Waals surface area contributed by atoms with Gasteiger partial charge in [-0.05, 0) is 17.7 Å². The normalized spacial score (nSPS) is 9.86. The van der Waals surface area contributed by atoms with Crippen LogP contribution in [0.25, 0.3) is 0 Å². The van der Waals surface area contributed by atoms with E-state index in [9.17, 15) is 14.4 Å². The zero-order valence-electron chi connectivity index (χ0n) is 11.9. The number of carbonyl (C=O) groups is 3. The van der Waals surface area contributed by atoms with E-state index in [2.05, 4.69) is 9.47 Å². The SMILES string of the molecule is COC(=O)CN(CC(=O)OC)C(=O)c1ccc(CO)cc1. The first-order chi connectivity index (χ1) is 10.0. The second-order valence-corrected chi connectivity index (χ2v) is 4.17. The first kappa shape index (κ1) is 16.6. The Balaban J connectivity index is 2.91. The minimum atomic E-state index is -0.640. The van der Waals surface area contributed by atoms with Gasteiger partial charge in [0, 0.05) is 5.56 Å². The largest absolute Gasteiger partial charge is 0.468 e. The van der Waals surface area contributed by atoms with Crippen molar-refractivity contribution in [1.29, 1.82) is 0 Å². The second kappa shape index (κ2) is 8.01. The molecule has 114 valence electrons. The van der Waals surface area contributed by atoms with Crippen molar-refractivity contribution in [3.63, 3.8) is 0 Å². The minimum absolute atomic E-state index is 0.136. The Hall–Kier alpha value is -2.41. The number of esters is 2. The van der Waals surface area contributed by atoms with Crippen molar-refractivity contribution in [2.45, 2.75) is 6.61 Å². The highest BCUT2D eigenvalue weighted by Gasteiger charge is 2.22. The smallest absolute Gasteiger partial charge is 0.325 e. The maximum Gasteiger partial charge on any atom is 0.325 e. The van der Waals surface area contributed by atoms with E-state index in [0.717, 1.165) is 4.90 Å². The van der Waals surface area contributed by atoms with Crippen LogP contribution in [0.15, 0.2) is 24.3 Å². The topological polar surface area (TPSA) is 93.1 Å². The number of benzene rings is 1. The molecule has 7 nitrogen and oxygen atoms in total. The lowest BCUT2D eigenvalue weighted by Crippen LogP contribution is -2.40. The van der Waals surface area contributed by atoms with Crippen molar-refractivity contribution < 1.29 is 29.0 Å². The first-order valence-corrected chi connectivity index (χ1v) is 6.14. The molecule has 0 heterocycles. The van der Waals surface area contributed by atoms with E-state index < -0.39 is 17.8 Å². The molecule has 0 aliphatic heterocycles. The van der Waals surface area contributed by atoms with Gasteiger partial charge < -0.3 is 19.5 Å². The summed E-state index contributed by atoms with van der Waals surface area (Å²) in [5.74, 6) is -1.78. The molecule has 1 aromatic rings. The van der Waals surface area contributed by atoms with Crippen molar-refractivity contribution in [2.75, 3.05) is 27.3 Å². The van der Waals surface area contributed by atoms with Crippen LogP contribution in [0.3, 0.4) is 0 Å². The Labute approximate surface area is 122 Å². The lowest BCUT2D eigenvalue weighted by molar-refractivity contribution is -0.144. The summed E-state index contributed by atoms with van der Waals surface area (Å²) in [5.41, 5.74) is 0.944. The molecular formula is C14H17NO6. The van der Waals surface area contributed by atoms with Crippen LogP contribution in [-0.2, 0) is 25.7 Å². The summed E-state index contributed by atoms with van der Waals surface area (Å²) in [7, 11) is 2.39. The molecule has 1 rings (SSSR count). The molecule has 0 saturated heterocycles. The fourth-order valence-electron chi connectivity index (χ4n) is 1.58. The Morgan fingerprint density at radius 3 is 1.86 bits per heavy atom. The van der Waals surface area contributed by atoms with Gasteiger partial charge >= 0.3 is 11.9 Å². The number of rotatable bonds is 6. The summed E-state index contributed by atoms with van der Waals surface area (Å²) in [6.07, 6.45) is 0. The average Bonchev–Trinajstić information content (AvgIpc) is 2.53. The molecule has 0 aliphatic carbocycles. The number of ether oxygens (including phenoxy) is 2. The molecule has 0 spiro atoms. The number of aliphatic hydroxyl groups excluding tert-OH is 1. The molecular weight excluding hydrogens is 278 g/mol. The third-order valence-corrected chi connectivity index (χ3v) is 2.77. The molecule has 0 radical (unpaired) electrons. The van der Waals surface area contributed by atoms with Gasteiger partial charge in [0.05, 0.1) is 20.8 Å². The summed E-state index contributed by atoms with van der Waals surface area (Å²) in [4.78, 5) is 36.0. The second-order valence-electron chi connectivity index (χ2n) is 4.17. The highest BCUT2D eigenvalue weighted by molar-refractivity contribution is 5.97. The lowest BCUT2D eigenvalue weighted by atomic mass is 10.1. The monoisotopic (exact) mass is 295 g/mol. The highest BCUT2D eigenvalue weighted by Crippen LogP contribution is 2.08. The lowest BCUT2D eigenvalue weighted by Gasteiger charge is -2.20. The number of hydrogen-bond donors (Lipinski definition) is 1. The third-order valence-electron chi connectivity index (χ3n) is 2.77. The van der Waals surface area contributed by atoms with E-state index in [0.29, 0.717) is 11.1 Å². The highest BCUT2D eigenvalue weighted by atomic mass is 16.5. The quantitative estimate of drug-likeness (QED) is 0.741. The molecule has 0 saturated carbocycles. The molecule has 0 atom stereocenters. The Bertz CT molecular complexity index is 493. The minimum Gasteiger partial charge on any atom is -0.468 e. The van der Waals surface area contributed by atoms with Crippen LogP contribution in [-0.4, -0.2) is 55.2 Å². The van der Waals surface area contributed by atoms with Gasteiger partial charge in [-0.2, -0.15) is 0 Å². The summed E-state index contributed by atoms with van der Waals surface area (Å²) in [6.45, 7) is -0.846. The maximum atomic E-state index is 12.3. The Morgan fingerprint density at radius 2 is 1.48 bits per heavy atom. The standard InChI is InChI=1S/C14H17NO6/c1-20-12(17)7-15(8-13(18)21-2)14(19)11-5-3-10(9-16)4-6-11/h3-6,16H,7-9H2,1-2H3. The fraction of sp³-hybridized carbons (Fsp3) is 0.357. The van der Waals surface area contributed by atoms with Gasteiger partial charge in [-0.1, -0.05) is 12.1 Å².